The number of para-hydroxylation sites is 1. The lowest BCUT2D eigenvalue weighted by Crippen LogP contribution is -2.51. The number of likely N-dealkylation sites (tertiary alicyclic amines) is 3. The number of aryl methyl sites for hydroxylation is 2. The molecular formula is C39H53N5O3. The van der Waals surface area contributed by atoms with Crippen molar-refractivity contribution in [3.05, 3.63) is 64.7 Å². The van der Waals surface area contributed by atoms with Crippen molar-refractivity contribution < 1.29 is 14.4 Å². The molecule has 2 aromatic rings. The molecule has 4 amide bonds. The van der Waals surface area contributed by atoms with E-state index in [0.29, 0.717) is 32.0 Å². The molecule has 1 aliphatic carbocycles. The van der Waals surface area contributed by atoms with E-state index in [4.69, 9.17) is 0 Å². The van der Waals surface area contributed by atoms with E-state index in [2.05, 4.69) is 46.4 Å². The highest BCUT2D eigenvalue weighted by Gasteiger charge is 2.36. The average molecular weight is 640 g/mol. The predicted molar refractivity (Wildman–Crippen MR) is 185 cm³/mol. The minimum Gasteiger partial charge on any atom is -0.343 e. The standard InChI is InChI=1S/C39H53N5O3/c1-41-18-12-30(13-19-41)31-14-20-43(21-15-31)38(46)34(25-28-10-11-29-6-2-3-7-32(29)24-28)26-37(45)42-22-16-35(17-23-42)44-27-33-8-4-5-9-36(33)40-39(44)47/h4-5,8-11,24,30-31,34-35H,2-3,6-7,12-23,25-27H2,1H3,(H,40,47). The van der Waals surface area contributed by atoms with E-state index in [9.17, 15) is 14.4 Å². The van der Waals surface area contributed by atoms with Gasteiger partial charge in [-0.05, 0) is 131 Å². The van der Waals surface area contributed by atoms with Gasteiger partial charge in [0.25, 0.3) is 0 Å². The number of nitrogens with zero attached hydrogens (tertiary/aromatic N) is 4. The fourth-order valence-electron chi connectivity index (χ4n) is 9.08. The normalized spacial score (nSPS) is 22.4. The van der Waals surface area contributed by atoms with Crippen molar-refractivity contribution >= 4 is 23.5 Å². The summed E-state index contributed by atoms with van der Waals surface area (Å²) in [6, 6.07) is 14.8. The first kappa shape index (κ1) is 32.2. The number of urea groups is 1. The second-order valence-corrected chi connectivity index (χ2v) is 15.0. The van der Waals surface area contributed by atoms with Crippen LogP contribution in [0.2, 0.25) is 0 Å². The van der Waals surface area contributed by atoms with Gasteiger partial charge in [-0.3, -0.25) is 9.59 Å². The number of anilines is 1. The monoisotopic (exact) mass is 639 g/mol. The van der Waals surface area contributed by atoms with E-state index in [-0.39, 0.29) is 36.2 Å². The molecule has 0 aromatic heterocycles. The minimum absolute atomic E-state index is 0.0521. The number of rotatable bonds is 7. The molecule has 4 aliphatic heterocycles. The van der Waals surface area contributed by atoms with Crippen LogP contribution in [0.3, 0.4) is 0 Å². The van der Waals surface area contributed by atoms with Crippen LogP contribution in [0.15, 0.2) is 42.5 Å². The number of fused-ring (bicyclic) bond motifs is 2. The third-order valence-corrected chi connectivity index (χ3v) is 12.1. The van der Waals surface area contributed by atoms with Gasteiger partial charge < -0.3 is 24.9 Å². The maximum Gasteiger partial charge on any atom is 0.322 e. The number of carbonyl (C=O) groups excluding carboxylic acids is 3. The largest absolute Gasteiger partial charge is 0.343 e. The number of hydrogen-bond acceptors (Lipinski definition) is 4. The summed E-state index contributed by atoms with van der Waals surface area (Å²) < 4.78 is 0. The van der Waals surface area contributed by atoms with Gasteiger partial charge in [-0.1, -0.05) is 36.4 Å². The fraction of sp³-hybridized carbons (Fsp3) is 0.615. The Balaban J connectivity index is 0.989. The maximum atomic E-state index is 14.2. The molecule has 0 bridgehead atoms. The van der Waals surface area contributed by atoms with Crippen molar-refractivity contribution in [1.29, 1.82) is 0 Å². The third kappa shape index (κ3) is 7.38. The molecule has 7 rings (SSSR count). The molecule has 2 aromatic carbocycles. The highest BCUT2D eigenvalue weighted by atomic mass is 16.2. The van der Waals surface area contributed by atoms with Crippen molar-refractivity contribution in [1.82, 2.24) is 19.6 Å². The van der Waals surface area contributed by atoms with Gasteiger partial charge in [-0.2, -0.15) is 0 Å². The van der Waals surface area contributed by atoms with Crippen molar-refractivity contribution in [3.63, 3.8) is 0 Å². The maximum absolute atomic E-state index is 14.2. The zero-order chi connectivity index (χ0) is 32.3. The minimum atomic E-state index is -0.342. The first-order valence-corrected chi connectivity index (χ1v) is 18.4. The molecule has 0 saturated carbocycles. The number of nitrogens with one attached hydrogen (secondary N) is 1. The Bertz CT molecular complexity index is 1440. The Morgan fingerprint density at radius 3 is 2.19 bits per heavy atom. The first-order valence-electron chi connectivity index (χ1n) is 18.4. The Kier molecular flexibility index (Phi) is 9.85. The van der Waals surface area contributed by atoms with Gasteiger partial charge in [0.1, 0.15) is 0 Å². The Morgan fingerprint density at radius 2 is 1.45 bits per heavy atom. The lowest BCUT2D eigenvalue weighted by Gasteiger charge is -2.41. The number of carbonyl (C=O) groups is 3. The molecule has 1 unspecified atom stereocenters. The predicted octanol–water partition coefficient (Wildman–Crippen LogP) is 5.73. The topological polar surface area (TPSA) is 76.2 Å². The van der Waals surface area contributed by atoms with Crippen LogP contribution >= 0.6 is 0 Å². The van der Waals surface area contributed by atoms with Gasteiger partial charge in [-0.25, -0.2) is 4.79 Å². The van der Waals surface area contributed by atoms with Crippen LogP contribution in [0.4, 0.5) is 10.5 Å². The van der Waals surface area contributed by atoms with Crippen LogP contribution in [0.25, 0.3) is 0 Å². The summed E-state index contributed by atoms with van der Waals surface area (Å²) in [5.74, 6) is 1.40. The van der Waals surface area contributed by atoms with E-state index < -0.39 is 0 Å². The van der Waals surface area contributed by atoms with Crippen LogP contribution in [-0.4, -0.2) is 89.8 Å². The molecule has 8 nitrogen and oxygen atoms in total. The van der Waals surface area contributed by atoms with Gasteiger partial charge in [-0.15, -0.1) is 0 Å². The lowest BCUT2D eigenvalue weighted by molar-refractivity contribution is -0.143. The Hall–Kier alpha value is -3.39. The first-order chi connectivity index (χ1) is 22.9. The summed E-state index contributed by atoms with van der Waals surface area (Å²) in [4.78, 5) is 49.4. The van der Waals surface area contributed by atoms with Crippen molar-refractivity contribution in [2.45, 2.75) is 89.6 Å². The summed E-state index contributed by atoms with van der Waals surface area (Å²) in [7, 11) is 2.22. The number of amides is 4. The van der Waals surface area contributed by atoms with Crippen LogP contribution in [0.5, 0.6) is 0 Å². The molecule has 8 heteroatoms. The van der Waals surface area contributed by atoms with Gasteiger partial charge in [0.05, 0.1) is 5.92 Å². The van der Waals surface area contributed by atoms with Gasteiger partial charge in [0.15, 0.2) is 0 Å². The molecule has 47 heavy (non-hydrogen) atoms. The SMILES string of the molecule is CN1CCC(C2CCN(C(=O)C(CC(=O)N3CCC(N4Cc5ccccc5NC4=O)CC3)Cc3ccc4c(c3)CCCC4)CC2)CC1. The second-order valence-electron chi connectivity index (χ2n) is 15.0. The average Bonchev–Trinajstić information content (AvgIpc) is 3.11. The molecule has 0 spiro atoms. The van der Waals surface area contributed by atoms with Crippen molar-refractivity contribution in [2.24, 2.45) is 17.8 Å². The molecular weight excluding hydrogens is 586 g/mol. The second kappa shape index (κ2) is 14.4. The summed E-state index contributed by atoms with van der Waals surface area (Å²) in [5.41, 5.74) is 6.08. The third-order valence-electron chi connectivity index (χ3n) is 12.1. The van der Waals surface area contributed by atoms with E-state index >= 15 is 0 Å². The van der Waals surface area contributed by atoms with Gasteiger partial charge in [0.2, 0.25) is 11.8 Å². The smallest absolute Gasteiger partial charge is 0.322 e. The number of piperidine rings is 3. The Morgan fingerprint density at radius 1 is 0.787 bits per heavy atom. The van der Waals surface area contributed by atoms with Crippen molar-refractivity contribution in [3.8, 4) is 0 Å². The molecule has 1 atom stereocenters. The highest BCUT2D eigenvalue weighted by Crippen LogP contribution is 2.34. The van der Waals surface area contributed by atoms with Crippen LogP contribution in [0, 0.1) is 17.8 Å². The molecule has 1 N–H and O–H groups in total. The highest BCUT2D eigenvalue weighted by molar-refractivity contribution is 5.92. The summed E-state index contributed by atoms with van der Waals surface area (Å²) in [5, 5.41) is 3.04. The zero-order valence-electron chi connectivity index (χ0n) is 28.3. The molecule has 5 aliphatic rings. The van der Waals surface area contributed by atoms with Gasteiger partial charge in [0, 0.05) is 50.9 Å². The number of hydrogen-bond donors (Lipinski definition) is 1. The molecule has 3 saturated heterocycles. The molecule has 3 fully saturated rings. The van der Waals surface area contributed by atoms with E-state index in [1.54, 1.807) is 0 Å². The quantitative estimate of drug-likeness (QED) is 0.420. The van der Waals surface area contributed by atoms with E-state index in [0.717, 1.165) is 68.8 Å². The summed E-state index contributed by atoms with van der Waals surface area (Å²) >= 11 is 0. The Labute approximate surface area is 280 Å². The van der Waals surface area contributed by atoms with Crippen molar-refractivity contribution in [2.75, 3.05) is 51.6 Å². The molecule has 252 valence electrons. The van der Waals surface area contributed by atoms with E-state index in [1.807, 2.05) is 28.0 Å². The molecule has 0 radical (unpaired) electrons. The van der Waals surface area contributed by atoms with Gasteiger partial charge >= 0.3 is 6.03 Å². The van der Waals surface area contributed by atoms with Crippen LogP contribution in [0.1, 0.15) is 80.0 Å². The fourth-order valence-corrected chi connectivity index (χ4v) is 9.08. The summed E-state index contributed by atoms with van der Waals surface area (Å²) in [6.45, 7) is 5.85. The van der Waals surface area contributed by atoms with E-state index in [1.165, 1.54) is 55.5 Å². The molecule has 4 heterocycles. The summed E-state index contributed by atoms with van der Waals surface area (Å²) in [6.07, 6.45) is 11.9. The van der Waals surface area contributed by atoms with Crippen LogP contribution in [-0.2, 0) is 35.4 Å². The number of benzene rings is 2. The zero-order valence-corrected chi connectivity index (χ0v) is 28.3. The lowest BCUT2D eigenvalue weighted by atomic mass is 9.78. The van der Waals surface area contributed by atoms with Crippen LogP contribution < -0.4 is 5.32 Å².